The number of benzene rings is 1. The van der Waals surface area contributed by atoms with Gasteiger partial charge in [-0.15, -0.1) is 0 Å². The maximum atomic E-state index is 11.2. The fraction of sp³-hybridized carbons (Fsp3) is 0.111. The number of rotatable bonds is 1. The zero-order valence-corrected chi connectivity index (χ0v) is 9.68. The van der Waals surface area contributed by atoms with Crippen molar-refractivity contribution < 1.29 is 4.79 Å². The van der Waals surface area contributed by atoms with Crippen LogP contribution >= 0.6 is 34.2 Å². The van der Waals surface area contributed by atoms with Gasteiger partial charge in [-0.2, -0.15) is 5.26 Å². The summed E-state index contributed by atoms with van der Waals surface area (Å²) in [6.07, 6.45) is 0. The number of Topliss-reactive ketones (excluding diaryl/α,β-unsaturated/α-hetero) is 1. The molecule has 0 aliphatic carbocycles. The van der Waals surface area contributed by atoms with Crippen molar-refractivity contribution >= 4 is 40.0 Å². The number of carbonyl (C=O) groups excluding carboxylic acids is 1. The van der Waals surface area contributed by atoms with Crippen LogP contribution in [0.2, 0.25) is 5.02 Å². The maximum Gasteiger partial charge on any atom is 0.162 e. The summed E-state index contributed by atoms with van der Waals surface area (Å²) in [7, 11) is 0. The summed E-state index contributed by atoms with van der Waals surface area (Å²) < 4.78 is 0.717. The van der Waals surface area contributed by atoms with Crippen molar-refractivity contribution in [1.82, 2.24) is 0 Å². The third-order valence-electron chi connectivity index (χ3n) is 1.53. The van der Waals surface area contributed by atoms with Gasteiger partial charge in [0.1, 0.15) is 0 Å². The Morgan fingerprint density at radius 2 is 2.23 bits per heavy atom. The Morgan fingerprint density at radius 1 is 1.62 bits per heavy atom. The molecule has 0 aliphatic rings. The molecule has 2 nitrogen and oxygen atoms in total. The number of nitrogens with zero attached hydrogens (tertiary/aromatic N) is 1. The number of halogens is 2. The van der Waals surface area contributed by atoms with E-state index in [1.54, 1.807) is 6.07 Å². The van der Waals surface area contributed by atoms with Gasteiger partial charge in [0.15, 0.2) is 5.78 Å². The highest BCUT2D eigenvalue weighted by molar-refractivity contribution is 14.1. The maximum absolute atomic E-state index is 11.2. The van der Waals surface area contributed by atoms with E-state index in [1.807, 2.05) is 28.7 Å². The molecule has 13 heavy (non-hydrogen) atoms. The molecule has 0 amide bonds. The van der Waals surface area contributed by atoms with Crippen LogP contribution in [-0.2, 0) is 0 Å². The summed E-state index contributed by atoms with van der Waals surface area (Å²) in [4.78, 5) is 11.2. The normalized spacial score (nSPS) is 9.38. The highest BCUT2D eigenvalue weighted by Crippen LogP contribution is 2.22. The van der Waals surface area contributed by atoms with Gasteiger partial charge in [0.25, 0.3) is 0 Å². The summed E-state index contributed by atoms with van der Waals surface area (Å²) in [6, 6.07) is 5.12. The minimum atomic E-state index is -0.113. The van der Waals surface area contributed by atoms with Crippen molar-refractivity contribution in [2.45, 2.75) is 6.92 Å². The zero-order valence-electron chi connectivity index (χ0n) is 6.77. The van der Waals surface area contributed by atoms with E-state index in [1.165, 1.54) is 13.0 Å². The van der Waals surface area contributed by atoms with Crippen molar-refractivity contribution in [2.75, 3.05) is 0 Å². The second kappa shape index (κ2) is 4.07. The summed E-state index contributed by atoms with van der Waals surface area (Å²) in [5, 5.41) is 9.23. The molecule has 0 radical (unpaired) electrons. The van der Waals surface area contributed by atoms with E-state index in [-0.39, 0.29) is 5.78 Å². The summed E-state index contributed by atoms with van der Waals surface area (Å²) in [6.45, 7) is 1.44. The van der Waals surface area contributed by atoms with Crippen LogP contribution in [0.1, 0.15) is 22.8 Å². The van der Waals surface area contributed by atoms with Crippen LogP contribution in [0.5, 0.6) is 0 Å². The van der Waals surface area contributed by atoms with Gasteiger partial charge >= 0.3 is 0 Å². The van der Waals surface area contributed by atoms with E-state index in [0.29, 0.717) is 19.7 Å². The lowest BCUT2D eigenvalue weighted by atomic mass is 10.1. The van der Waals surface area contributed by atoms with Crippen LogP contribution in [0, 0.1) is 14.9 Å². The number of nitriles is 1. The summed E-state index contributed by atoms with van der Waals surface area (Å²) in [5.41, 5.74) is 0.789. The predicted molar refractivity (Wildman–Crippen MR) is 58.9 cm³/mol. The molecule has 0 aromatic heterocycles. The molecule has 0 heterocycles. The fourth-order valence-electron chi connectivity index (χ4n) is 1.02. The summed E-state index contributed by atoms with van der Waals surface area (Å²) in [5.74, 6) is -0.113. The second-order valence-corrected chi connectivity index (χ2v) is 4.08. The third-order valence-corrected chi connectivity index (χ3v) is 2.60. The first-order chi connectivity index (χ1) is 6.06. The molecule has 0 N–H and O–H groups in total. The van der Waals surface area contributed by atoms with Crippen LogP contribution in [0.15, 0.2) is 12.1 Å². The topological polar surface area (TPSA) is 40.9 Å². The fourth-order valence-corrected chi connectivity index (χ4v) is 2.43. The van der Waals surface area contributed by atoms with Gasteiger partial charge in [-0.3, -0.25) is 4.79 Å². The zero-order chi connectivity index (χ0) is 10.0. The largest absolute Gasteiger partial charge is 0.294 e. The van der Waals surface area contributed by atoms with Gasteiger partial charge in [-0.05, 0) is 41.6 Å². The average Bonchev–Trinajstić information content (AvgIpc) is 2.01. The smallest absolute Gasteiger partial charge is 0.162 e. The number of hydrogen-bond acceptors (Lipinski definition) is 2. The molecular formula is C9H5ClINO. The van der Waals surface area contributed by atoms with Crippen molar-refractivity contribution in [3.05, 3.63) is 31.9 Å². The first kappa shape index (κ1) is 10.5. The Morgan fingerprint density at radius 3 is 2.69 bits per heavy atom. The number of carbonyl (C=O) groups is 1. The standard InChI is InChI=1S/C9H5ClINO/c1-5(13)9-6(4-12)2-7(10)3-8(9)11/h2-3H,1H3. The van der Waals surface area contributed by atoms with Crippen molar-refractivity contribution in [1.29, 1.82) is 5.26 Å². The Bertz CT molecular complexity index is 409. The first-order valence-electron chi connectivity index (χ1n) is 3.46. The van der Waals surface area contributed by atoms with Crippen LogP contribution in [0.25, 0.3) is 0 Å². The molecule has 0 spiro atoms. The van der Waals surface area contributed by atoms with E-state index < -0.39 is 0 Å². The minimum Gasteiger partial charge on any atom is -0.294 e. The molecule has 0 saturated carbocycles. The SMILES string of the molecule is CC(=O)c1c(I)cc(Cl)cc1C#N. The van der Waals surface area contributed by atoms with Crippen LogP contribution in [-0.4, -0.2) is 5.78 Å². The lowest BCUT2D eigenvalue weighted by molar-refractivity contribution is 0.101. The Hall–Kier alpha value is -0.600. The molecule has 1 aromatic rings. The van der Waals surface area contributed by atoms with E-state index in [9.17, 15) is 4.79 Å². The average molecular weight is 306 g/mol. The molecule has 4 heteroatoms. The predicted octanol–water partition coefficient (Wildman–Crippen LogP) is 3.02. The number of hydrogen-bond donors (Lipinski definition) is 0. The van der Waals surface area contributed by atoms with E-state index in [0.717, 1.165) is 0 Å². The van der Waals surface area contributed by atoms with Crippen molar-refractivity contribution in [3.63, 3.8) is 0 Å². The minimum absolute atomic E-state index is 0.113. The highest BCUT2D eigenvalue weighted by Gasteiger charge is 2.12. The molecule has 66 valence electrons. The second-order valence-electron chi connectivity index (χ2n) is 2.48. The first-order valence-corrected chi connectivity index (χ1v) is 4.92. The van der Waals surface area contributed by atoms with Gasteiger partial charge in [0.05, 0.1) is 11.6 Å². The van der Waals surface area contributed by atoms with Gasteiger partial charge in [0.2, 0.25) is 0 Å². The molecule has 1 aromatic carbocycles. The number of ketones is 1. The monoisotopic (exact) mass is 305 g/mol. The van der Waals surface area contributed by atoms with Crippen LogP contribution in [0.3, 0.4) is 0 Å². The van der Waals surface area contributed by atoms with E-state index in [4.69, 9.17) is 16.9 Å². The van der Waals surface area contributed by atoms with Crippen LogP contribution in [0.4, 0.5) is 0 Å². The Kier molecular flexibility index (Phi) is 3.28. The van der Waals surface area contributed by atoms with E-state index >= 15 is 0 Å². The lowest BCUT2D eigenvalue weighted by Crippen LogP contribution is -2.00. The van der Waals surface area contributed by atoms with Gasteiger partial charge in [-0.1, -0.05) is 11.6 Å². The van der Waals surface area contributed by atoms with Crippen LogP contribution < -0.4 is 0 Å². The highest BCUT2D eigenvalue weighted by atomic mass is 127. The molecule has 0 atom stereocenters. The Labute approximate surface area is 94.6 Å². The molecule has 0 unspecified atom stereocenters. The molecule has 0 aliphatic heterocycles. The molecular weight excluding hydrogens is 300 g/mol. The molecule has 1 rings (SSSR count). The Balaban J connectivity index is 3.50. The lowest BCUT2D eigenvalue weighted by Gasteiger charge is -2.02. The van der Waals surface area contributed by atoms with Gasteiger partial charge < -0.3 is 0 Å². The molecule has 0 bridgehead atoms. The quantitative estimate of drug-likeness (QED) is 0.591. The third kappa shape index (κ3) is 2.20. The van der Waals surface area contributed by atoms with Crippen molar-refractivity contribution in [2.24, 2.45) is 0 Å². The molecule has 0 saturated heterocycles. The van der Waals surface area contributed by atoms with Gasteiger partial charge in [-0.25, -0.2) is 0 Å². The van der Waals surface area contributed by atoms with Crippen molar-refractivity contribution in [3.8, 4) is 6.07 Å². The van der Waals surface area contributed by atoms with E-state index in [2.05, 4.69) is 0 Å². The van der Waals surface area contributed by atoms with Gasteiger partial charge in [0, 0.05) is 14.2 Å². The summed E-state index contributed by atoms with van der Waals surface area (Å²) >= 11 is 7.73. The molecule has 0 fully saturated rings.